The summed E-state index contributed by atoms with van der Waals surface area (Å²) in [5, 5.41) is 10.2. The predicted octanol–water partition coefficient (Wildman–Crippen LogP) is 3.36. The Morgan fingerprint density at radius 3 is 2.60 bits per heavy atom. The molecule has 1 fully saturated rings. The summed E-state index contributed by atoms with van der Waals surface area (Å²) in [7, 11) is 0. The number of hydrogen-bond donors (Lipinski definition) is 1. The van der Waals surface area contributed by atoms with Crippen molar-refractivity contribution in [3.8, 4) is 0 Å². The highest BCUT2D eigenvalue weighted by molar-refractivity contribution is 5.29. The summed E-state index contributed by atoms with van der Waals surface area (Å²) in [6.45, 7) is 1.86. The average Bonchev–Trinajstić information content (AvgIpc) is 2.69. The molecule has 1 N–H and O–H groups in total. The van der Waals surface area contributed by atoms with E-state index in [9.17, 15) is 9.50 Å². The van der Waals surface area contributed by atoms with Gasteiger partial charge in [0.15, 0.2) is 0 Å². The highest BCUT2D eigenvalue weighted by Gasteiger charge is 2.25. The fraction of sp³-hybridized carbons (Fsp3) is 0.538. The van der Waals surface area contributed by atoms with Crippen LogP contribution >= 0.6 is 0 Å². The molecule has 1 saturated carbocycles. The predicted molar refractivity (Wildman–Crippen MR) is 58.1 cm³/mol. The molecule has 1 atom stereocenters. The van der Waals surface area contributed by atoms with Gasteiger partial charge in [-0.25, -0.2) is 4.39 Å². The van der Waals surface area contributed by atoms with Crippen molar-refractivity contribution in [1.29, 1.82) is 0 Å². The zero-order valence-electron chi connectivity index (χ0n) is 9.04. The second-order valence-corrected chi connectivity index (χ2v) is 4.49. The summed E-state index contributed by atoms with van der Waals surface area (Å²) in [5.41, 5.74) is 1.75. The molecule has 0 spiro atoms. The van der Waals surface area contributed by atoms with Crippen LogP contribution in [0.2, 0.25) is 0 Å². The van der Waals surface area contributed by atoms with E-state index in [0.29, 0.717) is 5.92 Å². The average molecular weight is 208 g/mol. The molecular formula is C13H17FO. The molecule has 2 rings (SSSR count). The Bertz CT molecular complexity index is 342. The van der Waals surface area contributed by atoms with Gasteiger partial charge in [-0.3, -0.25) is 0 Å². The molecule has 82 valence electrons. The monoisotopic (exact) mass is 208 g/mol. The van der Waals surface area contributed by atoms with Crippen LogP contribution in [-0.2, 0) is 0 Å². The van der Waals surface area contributed by atoms with Crippen molar-refractivity contribution in [1.82, 2.24) is 0 Å². The maximum Gasteiger partial charge on any atom is 0.123 e. The molecular weight excluding hydrogens is 191 g/mol. The van der Waals surface area contributed by atoms with Crippen molar-refractivity contribution < 1.29 is 9.50 Å². The fourth-order valence-corrected chi connectivity index (χ4v) is 2.50. The summed E-state index contributed by atoms with van der Waals surface area (Å²) in [6.07, 6.45) is 4.20. The van der Waals surface area contributed by atoms with Gasteiger partial charge in [0.1, 0.15) is 5.82 Å². The first-order chi connectivity index (χ1) is 7.18. The van der Waals surface area contributed by atoms with Gasteiger partial charge in [-0.2, -0.15) is 0 Å². The Balaban J connectivity index is 2.20. The van der Waals surface area contributed by atoms with Crippen LogP contribution in [0.15, 0.2) is 18.2 Å². The molecule has 0 aliphatic heterocycles. The van der Waals surface area contributed by atoms with Crippen molar-refractivity contribution in [3.05, 3.63) is 35.1 Å². The minimum Gasteiger partial charge on any atom is -0.388 e. The van der Waals surface area contributed by atoms with Gasteiger partial charge in [0.05, 0.1) is 6.10 Å². The number of aryl methyl sites for hydroxylation is 1. The second kappa shape index (κ2) is 4.31. The summed E-state index contributed by atoms with van der Waals surface area (Å²) >= 11 is 0. The summed E-state index contributed by atoms with van der Waals surface area (Å²) < 4.78 is 12.9. The van der Waals surface area contributed by atoms with E-state index in [1.54, 1.807) is 6.07 Å². The molecule has 0 saturated heterocycles. The van der Waals surface area contributed by atoms with Crippen LogP contribution in [-0.4, -0.2) is 5.11 Å². The highest BCUT2D eigenvalue weighted by Crippen LogP contribution is 2.36. The van der Waals surface area contributed by atoms with E-state index in [2.05, 4.69) is 0 Å². The van der Waals surface area contributed by atoms with Gasteiger partial charge < -0.3 is 5.11 Å². The SMILES string of the molecule is Cc1cc(F)ccc1C(O)C1CCCC1. The van der Waals surface area contributed by atoms with Crippen LogP contribution in [0.4, 0.5) is 4.39 Å². The van der Waals surface area contributed by atoms with Crippen molar-refractivity contribution in [2.75, 3.05) is 0 Å². The van der Waals surface area contributed by atoms with Gasteiger partial charge in [0.2, 0.25) is 0 Å². The van der Waals surface area contributed by atoms with Gasteiger partial charge in [-0.05, 0) is 48.9 Å². The van der Waals surface area contributed by atoms with E-state index in [0.717, 1.165) is 24.0 Å². The maximum absolute atomic E-state index is 12.9. The normalized spacial score (nSPS) is 19.4. The third-order valence-corrected chi connectivity index (χ3v) is 3.40. The van der Waals surface area contributed by atoms with Gasteiger partial charge in [0, 0.05) is 0 Å². The smallest absolute Gasteiger partial charge is 0.123 e. The molecule has 0 radical (unpaired) electrons. The Hall–Kier alpha value is -0.890. The topological polar surface area (TPSA) is 20.2 Å². The largest absolute Gasteiger partial charge is 0.388 e. The van der Waals surface area contributed by atoms with Crippen LogP contribution in [0, 0.1) is 18.7 Å². The minimum absolute atomic E-state index is 0.227. The van der Waals surface area contributed by atoms with E-state index >= 15 is 0 Å². The molecule has 0 heterocycles. The van der Waals surface area contributed by atoms with E-state index in [-0.39, 0.29) is 5.82 Å². The third kappa shape index (κ3) is 2.20. The van der Waals surface area contributed by atoms with Crippen LogP contribution in [0.5, 0.6) is 0 Å². The first-order valence-corrected chi connectivity index (χ1v) is 5.62. The Kier molecular flexibility index (Phi) is 3.06. The molecule has 2 heteroatoms. The maximum atomic E-state index is 12.9. The lowest BCUT2D eigenvalue weighted by Crippen LogP contribution is -2.10. The number of halogens is 1. The van der Waals surface area contributed by atoms with Crippen LogP contribution in [0.25, 0.3) is 0 Å². The molecule has 0 bridgehead atoms. The second-order valence-electron chi connectivity index (χ2n) is 4.49. The molecule has 1 nitrogen and oxygen atoms in total. The number of aliphatic hydroxyl groups excluding tert-OH is 1. The van der Waals surface area contributed by atoms with Crippen LogP contribution < -0.4 is 0 Å². The number of benzene rings is 1. The Labute approximate surface area is 89.9 Å². The molecule has 0 aromatic heterocycles. The lowest BCUT2D eigenvalue weighted by atomic mass is 9.92. The highest BCUT2D eigenvalue weighted by atomic mass is 19.1. The lowest BCUT2D eigenvalue weighted by Gasteiger charge is -2.19. The van der Waals surface area contributed by atoms with Gasteiger partial charge >= 0.3 is 0 Å². The van der Waals surface area contributed by atoms with Crippen molar-refractivity contribution in [2.24, 2.45) is 5.92 Å². The molecule has 15 heavy (non-hydrogen) atoms. The molecule has 0 amide bonds. The van der Waals surface area contributed by atoms with E-state index in [4.69, 9.17) is 0 Å². The zero-order valence-corrected chi connectivity index (χ0v) is 9.04. The minimum atomic E-state index is -0.409. The Morgan fingerprint density at radius 1 is 1.33 bits per heavy atom. The van der Waals surface area contributed by atoms with Crippen molar-refractivity contribution in [2.45, 2.75) is 38.7 Å². The quantitative estimate of drug-likeness (QED) is 0.790. The van der Waals surface area contributed by atoms with Crippen molar-refractivity contribution in [3.63, 3.8) is 0 Å². The van der Waals surface area contributed by atoms with Crippen molar-refractivity contribution >= 4 is 0 Å². The number of aliphatic hydroxyl groups is 1. The van der Waals surface area contributed by atoms with Crippen LogP contribution in [0.1, 0.15) is 42.9 Å². The van der Waals surface area contributed by atoms with E-state index < -0.39 is 6.10 Å². The number of hydrogen-bond acceptors (Lipinski definition) is 1. The molecule has 1 unspecified atom stereocenters. The molecule has 1 aliphatic carbocycles. The standard InChI is InChI=1S/C13H17FO/c1-9-8-11(14)6-7-12(9)13(15)10-4-2-3-5-10/h6-8,10,13,15H,2-5H2,1H3. The van der Waals surface area contributed by atoms with Gasteiger partial charge in [-0.1, -0.05) is 18.9 Å². The molecule has 1 aliphatic rings. The van der Waals surface area contributed by atoms with Gasteiger partial charge in [-0.15, -0.1) is 0 Å². The Morgan fingerprint density at radius 2 is 2.00 bits per heavy atom. The summed E-state index contributed by atoms with van der Waals surface area (Å²) in [5.74, 6) is 0.143. The van der Waals surface area contributed by atoms with E-state index in [1.807, 2.05) is 6.92 Å². The van der Waals surface area contributed by atoms with E-state index in [1.165, 1.54) is 25.0 Å². The fourth-order valence-electron chi connectivity index (χ4n) is 2.50. The zero-order chi connectivity index (χ0) is 10.8. The summed E-state index contributed by atoms with van der Waals surface area (Å²) in [4.78, 5) is 0. The molecule has 1 aromatic carbocycles. The molecule has 1 aromatic rings. The first kappa shape index (κ1) is 10.6. The van der Waals surface area contributed by atoms with Gasteiger partial charge in [0.25, 0.3) is 0 Å². The van der Waals surface area contributed by atoms with Crippen LogP contribution in [0.3, 0.4) is 0 Å². The number of rotatable bonds is 2. The third-order valence-electron chi connectivity index (χ3n) is 3.40. The lowest BCUT2D eigenvalue weighted by molar-refractivity contribution is 0.111. The summed E-state index contributed by atoms with van der Waals surface area (Å²) in [6, 6.07) is 4.64. The first-order valence-electron chi connectivity index (χ1n) is 5.62.